The smallest absolute Gasteiger partial charge is 0.377 e. The minimum absolute atomic E-state index is 0.0970. The second-order valence-corrected chi connectivity index (χ2v) is 9.22. The van der Waals surface area contributed by atoms with Crippen LogP contribution < -0.4 is 14.5 Å². The molecule has 33 heavy (non-hydrogen) atoms. The van der Waals surface area contributed by atoms with E-state index in [1.807, 2.05) is 4.90 Å². The van der Waals surface area contributed by atoms with Gasteiger partial charge in [0.25, 0.3) is 0 Å². The third-order valence-electron chi connectivity index (χ3n) is 5.90. The van der Waals surface area contributed by atoms with E-state index >= 15 is 4.39 Å². The van der Waals surface area contributed by atoms with Crippen LogP contribution in [0.25, 0.3) is 0 Å². The molecular formula is C21H25F4N5O2S. The number of nitrogens with zero attached hydrogens (tertiary/aromatic N) is 4. The molecule has 3 heterocycles. The summed E-state index contributed by atoms with van der Waals surface area (Å²) in [5.41, 5.74) is -0.156. The first-order chi connectivity index (χ1) is 15.7. The molecule has 12 heteroatoms. The van der Waals surface area contributed by atoms with Crippen LogP contribution in [0.2, 0.25) is 0 Å². The van der Waals surface area contributed by atoms with E-state index in [2.05, 4.69) is 14.7 Å². The number of aromatic nitrogens is 2. The van der Waals surface area contributed by atoms with Crippen LogP contribution in [0.15, 0.2) is 30.6 Å². The minimum Gasteiger partial charge on any atom is -0.377 e. The predicted molar refractivity (Wildman–Crippen MR) is 117 cm³/mol. The van der Waals surface area contributed by atoms with Crippen LogP contribution in [-0.4, -0.2) is 59.3 Å². The van der Waals surface area contributed by atoms with Gasteiger partial charge in [-0.1, -0.05) is 12.1 Å². The van der Waals surface area contributed by atoms with E-state index < -0.39 is 34.6 Å². The Hall–Kier alpha value is -2.31. The summed E-state index contributed by atoms with van der Waals surface area (Å²) >= 11 is 0. The summed E-state index contributed by atoms with van der Waals surface area (Å²) < 4.78 is 74.3. The van der Waals surface area contributed by atoms with Gasteiger partial charge in [-0.25, -0.2) is 18.9 Å². The van der Waals surface area contributed by atoms with Gasteiger partial charge in [0.15, 0.2) is 11.6 Å². The fourth-order valence-corrected chi connectivity index (χ4v) is 4.95. The van der Waals surface area contributed by atoms with E-state index in [0.29, 0.717) is 44.6 Å². The lowest BCUT2D eigenvalue weighted by molar-refractivity contribution is -0.137. The molecule has 0 saturated carbocycles. The van der Waals surface area contributed by atoms with Gasteiger partial charge >= 0.3 is 6.18 Å². The van der Waals surface area contributed by atoms with Crippen molar-refractivity contribution >= 4 is 22.6 Å². The molecule has 2 aliphatic rings. The number of nitrogens with one attached hydrogen (secondary N) is 1. The molecule has 0 bridgehead atoms. The van der Waals surface area contributed by atoms with Gasteiger partial charge in [-0.2, -0.15) is 17.6 Å². The zero-order valence-electron chi connectivity index (χ0n) is 18.0. The van der Waals surface area contributed by atoms with Gasteiger partial charge in [-0.15, -0.1) is 0 Å². The number of ether oxygens (including phenoxy) is 1. The Morgan fingerprint density at radius 3 is 2.39 bits per heavy atom. The van der Waals surface area contributed by atoms with Gasteiger partial charge in [-0.05, 0) is 30.5 Å². The van der Waals surface area contributed by atoms with Crippen molar-refractivity contribution in [1.82, 2.24) is 14.7 Å². The Labute approximate surface area is 191 Å². The zero-order chi connectivity index (χ0) is 23.6. The van der Waals surface area contributed by atoms with E-state index in [1.165, 1.54) is 18.5 Å². The van der Waals surface area contributed by atoms with E-state index in [9.17, 15) is 17.4 Å². The van der Waals surface area contributed by atoms with Crippen molar-refractivity contribution in [1.29, 1.82) is 0 Å². The molecule has 2 unspecified atom stereocenters. The minimum atomic E-state index is -4.43. The topological polar surface area (TPSA) is 70.6 Å². The quantitative estimate of drug-likeness (QED) is 0.654. The SMILES string of the molecule is CS(=O)NC1CCN(c2ncnc(N3CCOCC3c3ccc(C(F)(F)F)cc3)c2F)CC1. The van der Waals surface area contributed by atoms with Crippen molar-refractivity contribution < 1.29 is 26.5 Å². The number of halogens is 4. The maximum atomic E-state index is 15.6. The van der Waals surface area contributed by atoms with Crippen LogP contribution in [0.4, 0.5) is 29.2 Å². The number of rotatable bonds is 5. The second-order valence-electron chi connectivity index (χ2n) is 8.07. The van der Waals surface area contributed by atoms with Crippen LogP contribution in [0.5, 0.6) is 0 Å². The molecule has 2 saturated heterocycles. The van der Waals surface area contributed by atoms with Gasteiger partial charge in [0.2, 0.25) is 5.82 Å². The van der Waals surface area contributed by atoms with Gasteiger partial charge in [-0.3, -0.25) is 0 Å². The number of hydrogen-bond donors (Lipinski definition) is 1. The fourth-order valence-electron chi connectivity index (χ4n) is 4.24. The first kappa shape index (κ1) is 23.8. The van der Waals surface area contributed by atoms with Gasteiger partial charge in [0, 0.05) is 31.9 Å². The average Bonchev–Trinajstić information content (AvgIpc) is 2.79. The Morgan fingerprint density at radius 2 is 1.76 bits per heavy atom. The molecule has 0 spiro atoms. The van der Waals surface area contributed by atoms with Gasteiger partial charge in [0.05, 0.1) is 35.8 Å². The van der Waals surface area contributed by atoms with Gasteiger partial charge in [0.1, 0.15) is 6.33 Å². The normalized spacial score (nSPS) is 21.3. The number of hydrogen-bond acceptors (Lipinski definition) is 6. The molecule has 2 aliphatic heterocycles. The van der Waals surface area contributed by atoms with E-state index in [0.717, 1.165) is 12.1 Å². The lowest BCUT2D eigenvalue weighted by atomic mass is 10.0. The van der Waals surface area contributed by atoms with Crippen molar-refractivity contribution in [2.24, 2.45) is 0 Å². The molecule has 7 nitrogen and oxygen atoms in total. The summed E-state index contributed by atoms with van der Waals surface area (Å²) in [6, 6.07) is 4.44. The highest BCUT2D eigenvalue weighted by Gasteiger charge is 2.33. The Morgan fingerprint density at radius 1 is 1.09 bits per heavy atom. The second kappa shape index (κ2) is 9.90. The van der Waals surface area contributed by atoms with Crippen LogP contribution in [0, 0.1) is 5.82 Å². The summed E-state index contributed by atoms with van der Waals surface area (Å²) in [5.74, 6) is -0.279. The molecule has 180 valence electrons. The zero-order valence-corrected chi connectivity index (χ0v) is 18.8. The van der Waals surface area contributed by atoms with Crippen molar-refractivity contribution in [3.05, 3.63) is 47.5 Å². The molecule has 4 rings (SSSR count). The summed E-state index contributed by atoms with van der Waals surface area (Å²) in [7, 11) is -1.11. The van der Waals surface area contributed by atoms with Crippen LogP contribution >= 0.6 is 0 Å². The highest BCUT2D eigenvalue weighted by atomic mass is 32.2. The third-order valence-corrected chi connectivity index (χ3v) is 6.57. The summed E-state index contributed by atoms with van der Waals surface area (Å²) in [6.07, 6.45) is -0.144. The first-order valence-electron chi connectivity index (χ1n) is 10.6. The lowest BCUT2D eigenvalue weighted by Crippen LogP contribution is -2.44. The maximum Gasteiger partial charge on any atom is 0.416 e. The van der Waals surface area contributed by atoms with Crippen LogP contribution in [-0.2, 0) is 21.9 Å². The number of alkyl halides is 3. The van der Waals surface area contributed by atoms with Crippen molar-refractivity contribution in [2.45, 2.75) is 31.1 Å². The average molecular weight is 488 g/mol. The Kier molecular flexibility index (Phi) is 7.15. The number of morpholine rings is 1. The largest absolute Gasteiger partial charge is 0.416 e. The van der Waals surface area contributed by atoms with E-state index in [4.69, 9.17) is 4.74 Å². The molecule has 1 aromatic heterocycles. The summed E-state index contributed by atoms with van der Waals surface area (Å²) in [6.45, 7) is 1.99. The molecule has 2 atom stereocenters. The van der Waals surface area contributed by atoms with E-state index in [1.54, 1.807) is 11.2 Å². The Balaban J connectivity index is 1.56. The third kappa shape index (κ3) is 5.44. The summed E-state index contributed by atoms with van der Waals surface area (Å²) in [4.78, 5) is 11.9. The fraction of sp³-hybridized carbons (Fsp3) is 0.524. The molecule has 0 amide bonds. The number of benzene rings is 1. The maximum absolute atomic E-state index is 15.6. The van der Waals surface area contributed by atoms with Crippen molar-refractivity contribution in [3.63, 3.8) is 0 Å². The Bertz CT molecular complexity index is 984. The number of piperidine rings is 1. The molecule has 2 aromatic rings. The van der Waals surface area contributed by atoms with Crippen molar-refractivity contribution in [3.8, 4) is 0 Å². The molecule has 0 radical (unpaired) electrons. The molecule has 1 N–H and O–H groups in total. The first-order valence-corrected chi connectivity index (χ1v) is 12.2. The lowest BCUT2D eigenvalue weighted by Gasteiger charge is -2.38. The molecule has 1 aromatic carbocycles. The summed E-state index contributed by atoms with van der Waals surface area (Å²) in [5, 5.41) is 0. The van der Waals surface area contributed by atoms with Crippen molar-refractivity contribution in [2.75, 3.05) is 48.9 Å². The predicted octanol–water partition coefficient (Wildman–Crippen LogP) is 3.06. The van der Waals surface area contributed by atoms with Crippen LogP contribution in [0.1, 0.15) is 30.0 Å². The standard InChI is InChI=1S/C21H25F4N5O2S/c1-33(31)28-16-6-8-29(9-7-16)19-18(22)20(27-13-26-19)30-10-11-32-12-17(30)14-2-4-15(5-3-14)21(23,24)25/h2-5,13,16-17,28H,6-12H2,1H3. The van der Waals surface area contributed by atoms with Crippen LogP contribution in [0.3, 0.4) is 0 Å². The molecule has 2 fully saturated rings. The highest BCUT2D eigenvalue weighted by molar-refractivity contribution is 7.82. The monoisotopic (exact) mass is 487 g/mol. The molecular weight excluding hydrogens is 462 g/mol. The van der Waals surface area contributed by atoms with Gasteiger partial charge < -0.3 is 14.5 Å². The number of anilines is 2. The molecule has 0 aliphatic carbocycles. The highest BCUT2D eigenvalue weighted by Crippen LogP contribution is 2.35. The van der Waals surface area contributed by atoms with E-state index in [-0.39, 0.29) is 24.3 Å².